The third-order valence-corrected chi connectivity index (χ3v) is 9.94. The number of anilines is 2. The molecule has 4 heterocycles. The molecule has 2 atom stereocenters. The van der Waals surface area contributed by atoms with Crippen molar-refractivity contribution >= 4 is 23.4 Å². The van der Waals surface area contributed by atoms with Gasteiger partial charge in [0.2, 0.25) is 5.91 Å². The van der Waals surface area contributed by atoms with E-state index in [2.05, 4.69) is 60.3 Å². The lowest BCUT2D eigenvalue weighted by atomic mass is 9.85. The van der Waals surface area contributed by atoms with Crippen molar-refractivity contribution in [2.75, 3.05) is 30.3 Å². The van der Waals surface area contributed by atoms with Gasteiger partial charge in [-0.2, -0.15) is 5.10 Å². The number of benzene rings is 2. The van der Waals surface area contributed by atoms with Crippen molar-refractivity contribution in [3.63, 3.8) is 0 Å². The predicted molar refractivity (Wildman–Crippen MR) is 181 cm³/mol. The normalized spacial score (nSPS) is 22.0. The van der Waals surface area contributed by atoms with Gasteiger partial charge in [-0.3, -0.25) is 10.1 Å². The third kappa shape index (κ3) is 7.60. The smallest absolute Gasteiger partial charge is 0.324 e. The summed E-state index contributed by atoms with van der Waals surface area (Å²) >= 11 is 0. The molecule has 3 aliphatic heterocycles. The molecule has 0 aliphatic carbocycles. The second-order valence-corrected chi connectivity index (χ2v) is 14.6. The molecule has 2 bridgehead atoms. The monoisotopic (exact) mass is 610 g/mol. The summed E-state index contributed by atoms with van der Waals surface area (Å²) in [5, 5.41) is 10.8. The van der Waals surface area contributed by atoms with E-state index in [1.54, 1.807) is 4.68 Å². The first kappa shape index (κ1) is 31.3. The summed E-state index contributed by atoms with van der Waals surface area (Å²) in [7, 11) is 0. The number of hydrogen-bond acceptors (Lipinski definition) is 4. The fourth-order valence-corrected chi connectivity index (χ4v) is 7.49. The number of rotatable bonds is 8. The van der Waals surface area contributed by atoms with E-state index in [1.807, 2.05) is 42.5 Å². The van der Waals surface area contributed by atoms with E-state index in [0.717, 1.165) is 68.8 Å². The van der Waals surface area contributed by atoms with Crippen LogP contribution in [0.5, 0.6) is 0 Å². The van der Waals surface area contributed by atoms with Crippen molar-refractivity contribution < 1.29 is 9.59 Å². The highest BCUT2D eigenvalue weighted by atomic mass is 16.2. The average Bonchev–Trinajstić information content (AvgIpc) is 3.56. The molecular weight excluding hydrogens is 560 g/mol. The number of urea groups is 1. The van der Waals surface area contributed by atoms with Gasteiger partial charge in [-0.1, -0.05) is 57.0 Å². The van der Waals surface area contributed by atoms with E-state index in [9.17, 15) is 9.59 Å². The topological polar surface area (TPSA) is 82.5 Å². The first-order valence-corrected chi connectivity index (χ1v) is 17.0. The van der Waals surface area contributed by atoms with Crippen LogP contribution in [0.2, 0.25) is 0 Å². The zero-order valence-electron chi connectivity index (χ0n) is 27.5. The lowest BCUT2D eigenvalue weighted by molar-refractivity contribution is -0.136. The quantitative estimate of drug-likeness (QED) is 0.280. The summed E-state index contributed by atoms with van der Waals surface area (Å²) in [6.45, 7) is 11.6. The van der Waals surface area contributed by atoms with Crippen LogP contribution in [-0.4, -0.2) is 63.2 Å². The standard InChI is InChI=1S/C37H50N6O2/c1-26-8-14-30(15-9-26)43-34(25-33(40-43)37(2,3)4)39-36(45)38-29-12-10-27(11-13-29)22-28-23-31-16-17-32(24-28)42(31)35(44)18-21-41-19-6-5-7-20-41/h8-15,25,28,31-32H,5-7,16-24H2,1-4H3,(H2,38,39,45). The fourth-order valence-electron chi connectivity index (χ4n) is 7.49. The van der Waals surface area contributed by atoms with Crippen LogP contribution in [0, 0.1) is 12.8 Å². The Balaban J connectivity index is 1.02. The van der Waals surface area contributed by atoms with Gasteiger partial charge in [0.1, 0.15) is 5.82 Å². The van der Waals surface area contributed by atoms with E-state index in [4.69, 9.17) is 5.10 Å². The van der Waals surface area contributed by atoms with Crippen LogP contribution in [-0.2, 0) is 16.6 Å². The van der Waals surface area contributed by atoms with Crippen LogP contribution in [0.25, 0.3) is 5.69 Å². The van der Waals surface area contributed by atoms with Gasteiger partial charge in [0, 0.05) is 42.2 Å². The Morgan fingerprint density at radius 2 is 1.56 bits per heavy atom. The number of nitrogens with one attached hydrogen (secondary N) is 2. The molecule has 3 aliphatic rings. The van der Waals surface area contributed by atoms with E-state index < -0.39 is 0 Å². The van der Waals surface area contributed by atoms with Gasteiger partial charge in [0.05, 0.1) is 11.4 Å². The van der Waals surface area contributed by atoms with Crippen LogP contribution in [0.1, 0.15) is 89.0 Å². The number of hydrogen-bond donors (Lipinski definition) is 2. The summed E-state index contributed by atoms with van der Waals surface area (Å²) in [4.78, 5) is 31.0. The van der Waals surface area contributed by atoms with Gasteiger partial charge < -0.3 is 15.1 Å². The molecule has 3 saturated heterocycles. The summed E-state index contributed by atoms with van der Waals surface area (Å²) in [6.07, 6.45) is 10.1. The maximum atomic E-state index is 13.2. The highest BCUT2D eigenvalue weighted by Crippen LogP contribution is 2.40. The van der Waals surface area contributed by atoms with Crippen molar-refractivity contribution in [1.82, 2.24) is 19.6 Å². The second kappa shape index (κ2) is 13.4. The minimum atomic E-state index is -0.301. The van der Waals surface area contributed by atoms with E-state index in [1.165, 1.54) is 30.4 Å². The predicted octanol–water partition coefficient (Wildman–Crippen LogP) is 7.31. The summed E-state index contributed by atoms with van der Waals surface area (Å²) in [5.74, 6) is 1.59. The Hall–Kier alpha value is -3.65. The van der Waals surface area contributed by atoms with Gasteiger partial charge in [-0.25, -0.2) is 9.48 Å². The molecule has 45 heavy (non-hydrogen) atoms. The van der Waals surface area contributed by atoms with Crippen molar-refractivity contribution in [2.24, 2.45) is 5.92 Å². The van der Waals surface area contributed by atoms with E-state index in [-0.39, 0.29) is 11.4 Å². The molecule has 2 aromatic carbocycles. The minimum absolute atomic E-state index is 0.156. The number of amides is 3. The molecule has 8 nitrogen and oxygen atoms in total. The molecule has 8 heteroatoms. The molecule has 2 N–H and O–H groups in total. The van der Waals surface area contributed by atoms with Crippen LogP contribution in [0.15, 0.2) is 54.6 Å². The molecule has 0 spiro atoms. The lowest BCUT2D eigenvalue weighted by Gasteiger charge is -2.39. The molecular formula is C37H50N6O2. The molecule has 0 radical (unpaired) electrons. The molecule has 240 valence electrons. The number of fused-ring (bicyclic) bond motifs is 2. The van der Waals surface area contributed by atoms with Crippen LogP contribution < -0.4 is 10.6 Å². The zero-order chi connectivity index (χ0) is 31.6. The first-order valence-electron chi connectivity index (χ1n) is 17.0. The maximum absolute atomic E-state index is 13.2. The molecule has 3 fully saturated rings. The van der Waals surface area contributed by atoms with Gasteiger partial charge >= 0.3 is 6.03 Å². The average molecular weight is 611 g/mol. The van der Waals surface area contributed by atoms with Crippen molar-refractivity contribution in [3.8, 4) is 5.69 Å². The second-order valence-electron chi connectivity index (χ2n) is 14.6. The lowest BCUT2D eigenvalue weighted by Crippen LogP contribution is -2.47. The number of carbonyl (C=O) groups is 2. The number of aromatic nitrogens is 2. The van der Waals surface area contributed by atoms with Gasteiger partial charge in [0.15, 0.2) is 0 Å². The van der Waals surface area contributed by atoms with E-state index >= 15 is 0 Å². The molecule has 0 saturated carbocycles. The summed E-state index contributed by atoms with van der Waals surface area (Å²) in [5.41, 5.74) is 4.85. The Labute approximate surface area is 268 Å². The number of nitrogens with zero attached hydrogens (tertiary/aromatic N) is 4. The molecule has 3 amide bonds. The Morgan fingerprint density at radius 1 is 0.889 bits per heavy atom. The van der Waals surface area contributed by atoms with Crippen LogP contribution >= 0.6 is 0 Å². The summed E-state index contributed by atoms with van der Waals surface area (Å²) < 4.78 is 1.80. The third-order valence-electron chi connectivity index (χ3n) is 9.94. The Kier molecular flexibility index (Phi) is 9.31. The van der Waals surface area contributed by atoms with E-state index in [0.29, 0.717) is 36.1 Å². The van der Waals surface area contributed by atoms with Crippen molar-refractivity contribution in [3.05, 3.63) is 71.4 Å². The molecule has 6 rings (SSSR count). The Bertz CT molecular complexity index is 1450. The van der Waals surface area contributed by atoms with Crippen molar-refractivity contribution in [2.45, 2.75) is 103 Å². The molecule has 3 aromatic rings. The van der Waals surface area contributed by atoms with Gasteiger partial charge in [-0.05, 0) is 101 Å². The highest BCUT2D eigenvalue weighted by molar-refractivity contribution is 5.99. The largest absolute Gasteiger partial charge is 0.337 e. The van der Waals surface area contributed by atoms with Crippen molar-refractivity contribution in [1.29, 1.82) is 0 Å². The molecule has 1 aromatic heterocycles. The van der Waals surface area contributed by atoms with Gasteiger partial charge in [-0.15, -0.1) is 0 Å². The number of likely N-dealkylation sites (tertiary alicyclic amines) is 1. The highest BCUT2D eigenvalue weighted by Gasteiger charge is 2.42. The van der Waals surface area contributed by atoms with Gasteiger partial charge in [0.25, 0.3) is 0 Å². The van der Waals surface area contributed by atoms with Crippen LogP contribution in [0.4, 0.5) is 16.3 Å². The number of piperidine rings is 2. The first-order chi connectivity index (χ1) is 21.6. The molecule has 2 unspecified atom stereocenters. The summed E-state index contributed by atoms with van der Waals surface area (Å²) in [6, 6.07) is 18.8. The SMILES string of the molecule is Cc1ccc(-n2nc(C(C)(C)C)cc2NC(=O)Nc2ccc(CC3CC4CCC(C3)N4C(=O)CCN3CCCCC3)cc2)cc1. The number of carbonyl (C=O) groups excluding carboxylic acids is 2. The minimum Gasteiger partial charge on any atom is -0.337 e. The zero-order valence-corrected chi connectivity index (χ0v) is 27.5. The van der Waals surface area contributed by atoms with Crippen LogP contribution in [0.3, 0.4) is 0 Å². The fraction of sp³-hybridized carbons (Fsp3) is 0.541. The number of aryl methyl sites for hydroxylation is 1. The Morgan fingerprint density at radius 3 is 2.20 bits per heavy atom. The maximum Gasteiger partial charge on any atom is 0.324 e.